The maximum Gasteiger partial charge on any atom is 0.271 e. The van der Waals surface area contributed by atoms with E-state index in [1.54, 1.807) is 30.5 Å². The molecular weight excluding hydrogens is 368 g/mol. The highest BCUT2D eigenvalue weighted by molar-refractivity contribution is 9.10. The summed E-state index contributed by atoms with van der Waals surface area (Å²) in [6, 6.07) is 12.2. The van der Waals surface area contributed by atoms with Gasteiger partial charge in [0, 0.05) is 10.6 Å². The minimum atomic E-state index is -0.316. The zero-order valence-electron chi connectivity index (χ0n) is 11.8. The molecule has 0 spiro atoms. The van der Waals surface area contributed by atoms with E-state index < -0.39 is 0 Å². The number of halogens is 2. The van der Waals surface area contributed by atoms with Crippen molar-refractivity contribution in [3.05, 3.63) is 63.1 Å². The van der Waals surface area contributed by atoms with Crippen LogP contribution in [0, 0.1) is 0 Å². The Hall–Kier alpha value is -1.85. The molecule has 0 bridgehead atoms. The maximum absolute atomic E-state index is 11.9. The van der Waals surface area contributed by atoms with Crippen molar-refractivity contribution in [2.45, 2.75) is 6.92 Å². The van der Waals surface area contributed by atoms with E-state index in [-0.39, 0.29) is 5.91 Å². The third kappa shape index (κ3) is 4.58. The van der Waals surface area contributed by atoms with E-state index in [4.69, 9.17) is 16.3 Å². The number of rotatable bonds is 5. The lowest BCUT2D eigenvalue weighted by Crippen LogP contribution is -2.17. The summed E-state index contributed by atoms with van der Waals surface area (Å²) in [6.45, 7) is 2.52. The van der Waals surface area contributed by atoms with Crippen LogP contribution in [0.5, 0.6) is 5.75 Å². The Labute approximate surface area is 142 Å². The minimum Gasteiger partial charge on any atom is -0.493 e. The van der Waals surface area contributed by atoms with Crippen molar-refractivity contribution in [2.24, 2.45) is 5.10 Å². The van der Waals surface area contributed by atoms with E-state index >= 15 is 0 Å². The first-order valence-electron chi connectivity index (χ1n) is 6.61. The first-order valence-corrected chi connectivity index (χ1v) is 7.78. The van der Waals surface area contributed by atoms with Gasteiger partial charge < -0.3 is 4.74 Å². The lowest BCUT2D eigenvalue weighted by molar-refractivity contribution is 0.0955. The van der Waals surface area contributed by atoms with Gasteiger partial charge >= 0.3 is 0 Å². The molecule has 0 unspecified atom stereocenters. The quantitative estimate of drug-likeness (QED) is 0.621. The predicted octanol–water partition coefficient (Wildman–Crippen LogP) is 4.27. The molecule has 0 saturated carbocycles. The van der Waals surface area contributed by atoms with Gasteiger partial charge in [-0.05, 0) is 64.8 Å². The van der Waals surface area contributed by atoms with Crippen LogP contribution in [0.2, 0.25) is 5.02 Å². The van der Waals surface area contributed by atoms with Gasteiger partial charge in [0.2, 0.25) is 0 Å². The number of carbonyl (C=O) groups is 1. The van der Waals surface area contributed by atoms with Crippen molar-refractivity contribution in [1.82, 2.24) is 5.43 Å². The van der Waals surface area contributed by atoms with Crippen molar-refractivity contribution in [3.63, 3.8) is 0 Å². The van der Waals surface area contributed by atoms with Gasteiger partial charge in [0.1, 0.15) is 5.75 Å². The van der Waals surface area contributed by atoms with Crippen LogP contribution >= 0.6 is 27.5 Å². The Kier molecular flexibility index (Phi) is 5.98. The van der Waals surface area contributed by atoms with Gasteiger partial charge in [0.25, 0.3) is 5.91 Å². The number of hydrazone groups is 1. The monoisotopic (exact) mass is 380 g/mol. The fourth-order valence-electron chi connectivity index (χ4n) is 1.73. The van der Waals surface area contributed by atoms with Crippen LogP contribution < -0.4 is 10.2 Å². The third-order valence-electron chi connectivity index (χ3n) is 2.72. The van der Waals surface area contributed by atoms with Gasteiger partial charge in [-0.15, -0.1) is 0 Å². The highest BCUT2D eigenvalue weighted by Crippen LogP contribution is 2.25. The summed E-state index contributed by atoms with van der Waals surface area (Å²) in [5.41, 5.74) is 3.75. The number of hydrogen-bond donors (Lipinski definition) is 1. The van der Waals surface area contributed by atoms with Gasteiger partial charge in [0.15, 0.2) is 0 Å². The van der Waals surface area contributed by atoms with Gasteiger partial charge in [-0.2, -0.15) is 5.10 Å². The molecule has 2 aromatic rings. The van der Waals surface area contributed by atoms with E-state index in [9.17, 15) is 4.79 Å². The van der Waals surface area contributed by atoms with Crippen molar-refractivity contribution < 1.29 is 9.53 Å². The Bertz CT molecular complexity index is 704. The molecule has 4 nitrogen and oxygen atoms in total. The molecule has 6 heteroatoms. The largest absolute Gasteiger partial charge is 0.493 e. The molecule has 0 aromatic heterocycles. The number of nitrogens with one attached hydrogen (secondary N) is 1. The molecule has 22 heavy (non-hydrogen) atoms. The first-order chi connectivity index (χ1) is 10.6. The van der Waals surface area contributed by atoms with E-state index in [2.05, 4.69) is 26.5 Å². The number of carbonyl (C=O) groups excluding carboxylic acids is 1. The van der Waals surface area contributed by atoms with Crippen molar-refractivity contribution in [2.75, 3.05) is 6.61 Å². The molecule has 0 aliphatic heterocycles. The number of benzene rings is 2. The summed E-state index contributed by atoms with van der Waals surface area (Å²) in [5, 5.41) is 4.44. The molecule has 0 fully saturated rings. The van der Waals surface area contributed by atoms with Crippen molar-refractivity contribution in [3.8, 4) is 5.75 Å². The molecule has 0 heterocycles. The van der Waals surface area contributed by atoms with Crippen LogP contribution in [0.1, 0.15) is 22.8 Å². The molecular formula is C16H14BrClN2O2. The smallest absolute Gasteiger partial charge is 0.271 e. The van der Waals surface area contributed by atoms with Crippen LogP contribution in [-0.2, 0) is 0 Å². The van der Waals surface area contributed by atoms with E-state index in [1.807, 2.05) is 25.1 Å². The lowest BCUT2D eigenvalue weighted by Gasteiger charge is -2.05. The van der Waals surface area contributed by atoms with Crippen LogP contribution in [-0.4, -0.2) is 18.7 Å². The highest BCUT2D eigenvalue weighted by Gasteiger charge is 2.04. The van der Waals surface area contributed by atoms with Crippen LogP contribution in [0.3, 0.4) is 0 Å². The topological polar surface area (TPSA) is 50.7 Å². The molecule has 2 rings (SSSR count). The van der Waals surface area contributed by atoms with E-state index in [1.165, 1.54) is 0 Å². The molecule has 0 saturated heterocycles. The summed E-state index contributed by atoms with van der Waals surface area (Å²) in [6.07, 6.45) is 1.56. The average Bonchev–Trinajstić information content (AvgIpc) is 2.50. The second kappa shape index (κ2) is 7.96. The van der Waals surface area contributed by atoms with Crippen LogP contribution in [0.25, 0.3) is 0 Å². The number of hydrogen-bond acceptors (Lipinski definition) is 3. The standard InChI is InChI=1S/C16H14BrClN2O2/c1-2-22-15-7-6-11(8-14(15)17)10-19-20-16(21)12-4-3-5-13(18)9-12/h3-10H,2H2,1H3,(H,20,21)/b19-10-. The summed E-state index contributed by atoms with van der Waals surface area (Å²) < 4.78 is 6.26. The first kappa shape index (κ1) is 16.5. The lowest BCUT2D eigenvalue weighted by atomic mass is 10.2. The Morgan fingerprint density at radius 3 is 2.86 bits per heavy atom. The Morgan fingerprint density at radius 1 is 1.36 bits per heavy atom. The van der Waals surface area contributed by atoms with E-state index in [0.717, 1.165) is 15.8 Å². The molecule has 1 N–H and O–H groups in total. The van der Waals surface area contributed by atoms with Crippen molar-refractivity contribution in [1.29, 1.82) is 0 Å². The molecule has 114 valence electrons. The van der Waals surface area contributed by atoms with E-state index in [0.29, 0.717) is 17.2 Å². The number of amides is 1. The van der Waals surface area contributed by atoms with Gasteiger partial charge in [0.05, 0.1) is 17.3 Å². The Balaban J connectivity index is 2.00. The normalized spacial score (nSPS) is 10.7. The fourth-order valence-corrected chi connectivity index (χ4v) is 2.43. The number of ether oxygens (including phenoxy) is 1. The molecule has 0 aliphatic rings. The summed E-state index contributed by atoms with van der Waals surface area (Å²) in [7, 11) is 0. The predicted molar refractivity (Wildman–Crippen MR) is 91.8 cm³/mol. The molecule has 1 amide bonds. The number of nitrogens with zero attached hydrogens (tertiary/aromatic N) is 1. The second-order valence-electron chi connectivity index (χ2n) is 4.33. The van der Waals surface area contributed by atoms with Crippen LogP contribution in [0.4, 0.5) is 0 Å². The van der Waals surface area contributed by atoms with Crippen molar-refractivity contribution >= 4 is 39.7 Å². The summed E-state index contributed by atoms with van der Waals surface area (Å²) in [5.74, 6) is 0.450. The zero-order valence-corrected chi connectivity index (χ0v) is 14.2. The van der Waals surface area contributed by atoms with Gasteiger partial charge in [-0.25, -0.2) is 5.43 Å². The molecule has 0 aliphatic carbocycles. The zero-order chi connectivity index (χ0) is 15.9. The maximum atomic E-state index is 11.9. The molecule has 0 atom stereocenters. The summed E-state index contributed by atoms with van der Waals surface area (Å²) in [4.78, 5) is 11.9. The second-order valence-corrected chi connectivity index (χ2v) is 5.62. The average molecular weight is 382 g/mol. The fraction of sp³-hybridized carbons (Fsp3) is 0.125. The molecule has 2 aromatic carbocycles. The SMILES string of the molecule is CCOc1ccc(/C=N\NC(=O)c2cccc(Cl)c2)cc1Br. The van der Waals surface area contributed by atoms with Crippen LogP contribution in [0.15, 0.2) is 52.0 Å². The Morgan fingerprint density at radius 2 is 2.18 bits per heavy atom. The molecule has 0 radical (unpaired) electrons. The minimum absolute atomic E-state index is 0.316. The third-order valence-corrected chi connectivity index (χ3v) is 3.58. The van der Waals surface area contributed by atoms with Gasteiger partial charge in [-0.1, -0.05) is 17.7 Å². The van der Waals surface area contributed by atoms with Gasteiger partial charge in [-0.3, -0.25) is 4.79 Å². The highest BCUT2D eigenvalue weighted by atomic mass is 79.9. The summed E-state index contributed by atoms with van der Waals surface area (Å²) >= 11 is 9.27.